The monoisotopic (exact) mass is 414 g/mol. The summed E-state index contributed by atoms with van der Waals surface area (Å²) in [5.74, 6) is 0. The van der Waals surface area contributed by atoms with Crippen molar-refractivity contribution >= 4 is 32.8 Å². The first-order chi connectivity index (χ1) is 13.3. The molecule has 1 unspecified atom stereocenters. The van der Waals surface area contributed by atoms with Gasteiger partial charge in [0.2, 0.25) is 10.0 Å². The van der Waals surface area contributed by atoms with E-state index in [-0.39, 0.29) is 10.1 Å². The Kier molecular flexibility index (Phi) is 6.08. The van der Waals surface area contributed by atoms with Crippen LogP contribution >= 0.6 is 11.8 Å². The minimum Gasteiger partial charge on any atom is -0.319 e. The summed E-state index contributed by atoms with van der Waals surface area (Å²) < 4.78 is 25.3. The zero-order chi connectivity index (χ0) is 20.3. The van der Waals surface area contributed by atoms with E-state index in [2.05, 4.69) is 18.0 Å². The van der Waals surface area contributed by atoms with E-state index in [0.717, 1.165) is 24.0 Å². The Bertz CT molecular complexity index is 1130. The first kappa shape index (κ1) is 20.4. The van der Waals surface area contributed by atoms with Gasteiger partial charge >= 0.3 is 0 Å². The van der Waals surface area contributed by atoms with Crippen LogP contribution in [-0.2, 0) is 23.0 Å². The van der Waals surface area contributed by atoms with Crippen LogP contribution in [0.25, 0.3) is 11.0 Å². The molecule has 3 rings (SSSR count). The predicted octanol–water partition coefficient (Wildman–Crippen LogP) is 3.63. The number of nitriles is 1. The summed E-state index contributed by atoms with van der Waals surface area (Å²) in [4.78, 5) is 4.64. The van der Waals surface area contributed by atoms with E-state index in [1.807, 2.05) is 35.8 Å². The molecule has 0 aliphatic carbocycles. The summed E-state index contributed by atoms with van der Waals surface area (Å²) in [6, 6.07) is 15.2. The van der Waals surface area contributed by atoms with Crippen LogP contribution in [0.2, 0.25) is 0 Å². The second-order valence-corrected chi connectivity index (χ2v) is 9.40. The second kappa shape index (κ2) is 8.35. The van der Waals surface area contributed by atoms with Crippen molar-refractivity contribution in [1.29, 1.82) is 5.26 Å². The number of nitrogens with two attached hydrogens (primary N) is 1. The lowest BCUT2D eigenvalue weighted by Crippen LogP contribution is -2.11. The zero-order valence-electron chi connectivity index (χ0n) is 15.8. The number of sulfonamides is 1. The van der Waals surface area contributed by atoms with Gasteiger partial charge in [-0.1, -0.05) is 48.5 Å². The third-order valence-electron chi connectivity index (χ3n) is 4.39. The smallest absolute Gasteiger partial charge is 0.238 e. The minimum atomic E-state index is -3.79. The Labute approximate surface area is 169 Å². The van der Waals surface area contributed by atoms with Crippen LogP contribution in [0.15, 0.2) is 52.5 Å². The average molecular weight is 415 g/mol. The Morgan fingerprint density at radius 2 is 1.96 bits per heavy atom. The fourth-order valence-electron chi connectivity index (χ4n) is 2.97. The number of hydrogen-bond donors (Lipinski definition) is 1. The van der Waals surface area contributed by atoms with Gasteiger partial charge in [0.1, 0.15) is 5.25 Å². The highest BCUT2D eigenvalue weighted by atomic mass is 32.2. The van der Waals surface area contributed by atoms with Crippen molar-refractivity contribution in [2.75, 3.05) is 0 Å². The molecule has 0 aliphatic rings. The van der Waals surface area contributed by atoms with Crippen LogP contribution in [0.1, 0.15) is 24.5 Å². The molecule has 1 aromatic heterocycles. The number of nitrogens with zero attached hydrogens (tertiary/aromatic N) is 3. The number of fused-ring (bicyclic) bond motifs is 1. The number of rotatable bonds is 7. The molecule has 0 spiro atoms. The third-order valence-corrected chi connectivity index (χ3v) is 6.38. The maximum absolute atomic E-state index is 11.6. The first-order valence-electron chi connectivity index (χ1n) is 8.96. The van der Waals surface area contributed by atoms with E-state index < -0.39 is 10.0 Å². The summed E-state index contributed by atoms with van der Waals surface area (Å²) in [5.41, 5.74) is 3.68. The number of thioether (sulfide) groups is 1. The summed E-state index contributed by atoms with van der Waals surface area (Å²) in [6.45, 7) is 4.83. The molecule has 2 N–H and O–H groups in total. The molecular weight excluding hydrogens is 392 g/mol. The lowest BCUT2D eigenvalue weighted by molar-refractivity contribution is 0.598. The Morgan fingerprint density at radius 3 is 2.57 bits per heavy atom. The van der Waals surface area contributed by atoms with Crippen LogP contribution in [0.4, 0.5) is 0 Å². The molecule has 146 valence electrons. The molecule has 2 aromatic carbocycles. The maximum Gasteiger partial charge on any atom is 0.238 e. The number of benzene rings is 2. The molecule has 0 fully saturated rings. The van der Waals surface area contributed by atoms with Gasteiger partial charge < -0.3 is 4.57 Å². The van der Waals surface area contributed by atoms with Crippen LogP contribution in [0.3, 0.4) is 0 Å². The third kappa shape index (κ3) is 4.55. The van der Waals surface area contributed by atoms with Crippen molar-refractivity contribution < 1.29 is 8.42 Å². The number of aromatic nitrogens is 2. The fraction of sp³-hybridized carbons (Fsp3) is 0.300. The van der Waals surface area contributed by atoms with Gasteiger partial charge in [0.25, 0.3) is 0 Å². The molecule has 0 bridgehead atoms. The highest BCUT2D eigenvalue weighted by Gasteiger charge is 2.19. The number of hydrogen-bond acceptors (Lipinski definition) is 5. The van der Waals surface area contributed by atoms with Gasteiger partial charge in [0, 0.05) is 6.54 Å². The van der Waals surface area contributed by atoms with E-state index in [4.69, 9.17) is 5.14 Å². The molecule has 0 saturated carbocycles. The topological polar surface area (TPSA) is 102 Å². The lowest BCUT2D eigenvalue weighted by atomic mass is 10.1. The minimum absolute atomic E-state index is 0.0363. The summed E-state index contributed by atoms with van der Waals surface area (Å²) in [5, 5.41) is 15.3. The molecule has 0 amide bonds. The molecule has 3 aromatic rings. The molecular formula is C20H22N4O2S2. The Hall–Kier alpha value is -2.34. The maximum atomic E-state index is 11.6. The van der Waals surface area contributed by atoms with E-state index in [9.17, 15) is 13.7 Å². The average Bonchev–Trinajstić information content (AvgIpc) is 2.99. The molecule has 1 heterocycles. The van der Waals surface area contributed by atoms with Crippen LogP contribution < -0.4 is 5.14 Å². The van der Waals surface area contributed by atoms with Crippen LogP contribution in [-0.4, -0.2) is 23.2 Å². The second-order valence-electron chi connectivity index (χ2n) is 6.67. The highest BCUT2D eigenvalue weighted by Crippen LogP contribution is 2.30. The zero-order valence-corrected chi connectivity index (χ0v) is 17.4. The van der Waals surface area contributed by atoms with Crippen molar-refractivity contribution in [3.8, 4) is 6.07 Å². The number of imidazole rings is 1. The van der Waals surface area contributed by atoms with Gasteiger partial charge in [0.15, 0.2) is 5.16 Å². The van der Waals surface area contributed by atoms with Gasteiger partial charge in [-0.05, 0) is 43.5 Å². The van der Waals surface area contributed by atoms with Crippen molar-refractivity contribution in [3.05, 3.63) is 53.6 Å². The van der Waals surface area contributed by atoms with Crippen molar-refractivity contribution in [1.82, 2.24) is 9.55 Å². The van der Waals surface area contributed by atoms with E-state index in [1.54, 1.807) is 6.07 Å². The van der Waals surface area contributed by atoms with Crippen LogP contribution in [0.5, 0.6) is 0 Å². The van der Waals surface area contributed by atoms with Gasteiger partial charge in [-0.15, -0.1) is 0 Å². The summed E-state index contributed by atoms with van der Waals surface area (Å²) >= 11 is 1.40. The SMILES string of the molecule is CCCn1c(SC(C#N)Cc2ccc(C)cc2)nc2cc(S(N)(=O)=O)ccc21. The first-order valence-corrected chi connectivity index (χ1v) is 11.4. The molecule has 8 heteroatoms. The van der Waals surface area contributed by atoms with Crippen molar-refractivity contribution in [2.45, 2.75) is 48.5 Å². The normalized spacial score (nSPS) is 12.8. The van der Waals surface area contributed by atoms with Crippen LogP contribution in [0, 0.1) is 18.3 Å². The molecule has 0 saturated heterocycles. The molecule has 0 radical (unpaired) electrons. The molecule has 28 heavy (non-hydrogen) atoms. The lowest BCUT2D eigenvalue weighted by Gasteiger charge is -2.11. The predicted molar refractivity (Wildman–Crippen MR) is 112 cm³/mol. The fourth-order valence-corrected chi connectivity index (χ4v) is 4.56. The highest BCUT2D eigenvalue weighted by molar-refractivity contribution is 8.00. The van der Waals surface area contributed by atoms with Gasteiger partial charge in [-0.2, -0.15) is 5.26 Å². The largest absolute Gasteiger partial charge is 0.319 e. The standard InChI is InChI=1S/C20H22N4O2S2/c1-3-10-24-19-9-8-17(28(22,25)26)12-18(19)23-20(24)27-16(13-21)11-15-6-4-14(2)5-7-15/h4-9,12,16H,3,10-11H2,1-2H3,(H2,22,25,26). The van der Waals surface area contributed by atoms with E-state index in [0.29, 0.717) is 17.1 Å². The Balaban J connectivity index is 1.94. The van der Waals surface area contributed by atoms with Gasteiger partial charge in [-0.3, -0.25) is 0 Å². The van der Waals surface area contributed by atoms with Crippen molar-refractivity contribution in [2.24, 2.45) is 5.14 Å². The van der Waals surface area contributed by atoms with E-state index >= 15 is 0 Å². The number of aryl methyl sites for hydroxylation is 2. The molecule has 1 atom stereocenters. The summed E-state index contributed by atoms with van der Waals surface area (Å²) in [7, 11) is -3.79. The Morgan fingerprint density at radius 1 is 1.25 bits per heavy atom. The van der Waals surface area contributed by atoms with E-state index in [1.165, 1.54) is 29.5 Å². The van der Waals surface area contributed by atoms with Gasteiger partial charge in [-0.25, -0.2) is 18.5 Å². The molecule has 0 aliphatic heterocycles. The summed E-state index contributed by atoms with van der Waals surface area (Å²) in [6.07, 6.45) is 1.50. The number of primary sulfonamides is 1. The molecule has 6 nitrogen and oxygen atoms in total. The van der Waals surface area contributed by atoms with Gasteiger partial charge in [0.05, 0.1) is 22.0 Å². The quantitative estimate of drug-likeness (QED) is 0.595. The van der Waals surface area contributed by atoms with Crippen molar-refractivity contribution in [3.63, 3.8) is 0 Å².